The highest BCUT2D eigenvalue weighted by Crippen LogP contribution is 2.26. The van der Waals surface area contributed by atoms with Crippen molar-refractivity contribution in [3.05, 3.63) is 77.6 Å². The maximum Gasteiger partial charge on any atom is 0.170 e. The molecule has 4 rings (SSSR count). The predicted molar refractivity (Wildman–Crippen MR) is 106 cm³/mol. The minimum atomic E-state index is 0.754. The molecule has 130 valence electrons. The zero-order valence-corrected chi connectivity index (χ0v) is 14.9. The standard InChI is InChI=1S/C21H18ClN3O/c22-19-7-3-15(4-8-19)2-1-10-24-21-13-20(26-25-21)17-5-6-18-14-23-11-9-16(18)12-17/h3-9,11-14H,1-2,10H2,(H,24,25). The van der Waals surface area contributed by atoms with Crippen LogP contribution in [0.3, 0.4) is 0 Å². The van der Waals surface area contributed by atoms with Gasteiger partial charge in [-0.25, -0.2) is 0 Å². The van der Waals surface area contributed by atoms with E-state index < -0.39 is 0 Å². The number of hydrogen-bond acceptors (Lipinski definition) is 4. The van der Waals surface area contributed by atoms with Crippen LogP contribution in [0.2, 0.25) is 5.02 Å². The highest BCUT2D eigenvalue weighted by molar-refractivity contribution is 6.30. The fraction of sp³-hybridized carbons (Fsp3) is 0.143. The second-order valence-corrected chi connectivity index (χ2v) is 6.61. The SMILES string of the molecule is Clc1ccc(CCCNc2cc(-c3ccc4cnccc4c3)on2)cc1. The molecule has 0 aliphatic carbocycles. The number of anilines is 1. The van der Waals surface area contributed by atoms with Gasteiger partial charge in [-0.1, -0.05) is 41.0 Å². The second-order valence-electron chi connectivity index (χ2n) is 6.17. The van der Waals surface area contributed by atoms with Gasteiger partial charge >= 0.3 is 0 Å². The maximum atomic E-state index is 5.90. The van der Waals surface area contributed by atoms with Gasteiger partial charge in [0.05, 0.1) is 0 Å². The van der Waals surface area contributed by atoms with Crippen LogP contribution in [0.15, 0.2) is 71.5 Å². The lowest BCUT2D eigenvalue weighted by molar-refractivity contribution is 0.435. The zero-order chi connectivity index (χ0) is 17.8. The van der Waals surface area contributed by atoms with Crippen LogP contribution in [0.5, 0.6) is 0 Å². The molecule has 1 N–H and O–H groups in total. The summed E-state index contributed by atoms with van der Waals surface area (Å²) >= 11 is 5.90. The van der Waals surface area contributed by atoms with E-state index in [1.54, 1.807) is 6.20 Å². The van der Waals surface area contributed by atoms with Crippen molar-refractivity contribution in [2.75, 3.05) is 11.9 Å². The van der Waals surface area contributed by atoms with E-state index in [0.717, 1.165) is 52.3 Å². The third-order valence-electron chi connectivity index (χ3n) is 4.30. The van der Waals surface area contributed by atoms with Crippen molar-refractivity contribution in [3.63, 3.8) is 0 Å². The Morgan fingerprint density at radius 2 is 1.85 bits per heavy atom. The molecular weight excluding hydrogens is 346 g/mol. The van der Waals surface area contributed by atoms with Gasteiger partial charge in [0, 0.05) is 41.0 Å². The van der Waals surface area contributed by atoms with E-state index >= 15 is 0 Å². The first kappa shape index (κ1) is 16.6. The van der Waals surface area contributed by atoms with Crippen LogP contribution in [0.25, 0.3) is 22.1 Å². The summed E-state index contributed by atoms with van der Waals surface area (Å²) < 4.78 is 5.49. The molecule has 0 radical (unpaired) electrons. The van der Waals surface area contributed by atoms with Crippen molar-refractivity contribution < 1.29 is 4.52 Å². The molecule has 0 saturated heterocycles. The van der Waals surface area contributed by atoms with Crippen LogP contribution in [0, 0.1) is 0 Å². The lowest BCUT2D eigenvalue weighted by atomic mass is 10.1. The number of aryl methyl sites for hydroxylation is 1. The molecule has 5 heteroatoms. The Hall–Kier alpha value is -2.85. The number of aromatic nitrogens is 2. The third-order valence-corrected chi connectivity index (χ3v) is 4.55. The van der Waals surface area contributed by atoms with Gasteiger partial charge in [-0.3, -0.25) is 4.98 Å². The average molecular weight is 364 g/mol. The molecule has 2 aromatic heterocycles. The van der Waals surface area contributed by atoms with E-state index in [9.17, 15) is 0 Å². The summed E-state index contributed by atoms with van der Waals surface area (Å²) in [4.78, 5) is 4.13. The van der Waals surface area contributed by atoms with E-state index in [4.69, 9.17) is 16.1 Å². The Bertz CT molecular complexity index is 1010. The van der Waals surface area contributed by atoms with Crippen molar-refractivity contribution in [2.45, 2.75) is 12.8 Å². The molecule has 0 fully saturated rings. The van der Waals surface area contributed by atoms with E-state index in [-0.39, 0.29) is 0 Å². The fourth-order valence-electron chi connectivity index (χ4n) is 2.89. The molecule has 2 aromatic carbocycles. The molecule has 4 nitrogen and oxygen atoms in total. The van der Waals surface area contributed by atoms with Crippen LogP contribution in [-0.2, 0) is 6.42 Å². The third kappa shape index (κ3) is 3.86. The second kappa shape index (κ2) is 7.58. The Morgan fingerprint density at radius 1 is 0.962 bits per heavy atom. The van der Waals surface area contributed by atoms with Gasteiger partial charge in [0.25, 0.3) is 0 Å². The first-order chi connectivity index (χ1) is 12.8. The van der Waals surface area contributed by atoms with Crippen LogP contribution in [0.1, 0.15) is 12.0 Å². The number of benzene rings is 2. The first-order valence-electron chi connectivity index (χ1n) is 8.57. The molecule has 26 heavy (non-hydrogen) atoms. The van der Waals surface area contributed by atoms with Crippen molar-refractivity contribution in [1.29, 1.82) is 0 Å². The van der Waals surface area contributed by atoms with E-state index in [1.165, 1.54) is 5.56 Å². The summed E-state index contributed by atoms with van der Waals surface area (Å²) in [7, 11) is 0. The van der Waals surface area contributed by atoms with Crippen molar-refractivity contribution in [2.24, 2.45) is 0 Å². The van der Waals surface area contributed by atoms with Crippen LogP contribution in [0.4, 0.5) is 5.82 Å². The van der Waals surface area contributed by atoms with Gasteiger partial charge in [-0.15, -0.1) is 0 Å². The zero-order valence-electron chi connectivity index (χ0n) is 14.2. The molecule has 0 spiro atoms. The average Bonchev–Trinajstić information content (AvgIpc) is 3.15. The number of hydrogen-bond donors (Lipinski definition) is 1. The summed E-state index contributed by atoms with van der Waals surface area (Å²) in [6.07, 6.45) is 5.65. The highest BCUT2D eigenvalue weighted by atomic mass is 35.5. The largest absolute Gasteiger partial charge is 0.367 e. The summed E-state index contributed by atoms with van der Waals surface area (Å²) in [5.41, 5.74) is 2.29. The molecule has 0 saturated carbocycles. The molecule has 0 atom stereocenters. The molecule has 0 amide bonds. The van der Waals surface area contributed by atoms with Crippen molar-refractivity contribution in [1.82, 2.24) is 10.1 Å². The van der Waals surface area contributed by atoms with Crippen LogP contribution in [-0.4, -0.2) is 16.7 Å². The van der Waals surface area contributed by atoms with Gasteiger partial charge in [0.15, 0.2) is 11.6 Å². The Kier molecular flexibility index (Phi) is 4.84. The lowest BCUT2D eigenvalue weighted by Crippen LogP contribution is -2.02. The summed E-state index contributed by atoms with van der Waals surface area (Å²) in [6.45, 7) is 0.831. The van der Waals surface area contributed by atoms with Gasteiger partial charge in [0.1, 0.15) is 0 Å². The minimum Gasteiger partial charge on any atom is -0.367 e. The van der Waals surface area contributed by atoms with Gasteiger partial charge in [-0.05, 0) is 48.1 Å². The smallest absolute Gasteiger partial charge is 0.170 e. The Balaban J connectivity index is 1.35. The van der Waals surface area contributed by atoms with E-state index in [1.807, 2.05) is 42.6 Å². The lowest BCUT2D eigenvalue weighted by Gasteiger charge is -2.03. The van der Waals surface area contributed by atoms with Crippen molar-refractivity contribution >= 4 is 28.2 Å². The van der Waals surface area contributed by atoms with Crippen LogP contribution >= 0.6 is 11.6 Å². The molecular formula is C21H18ClN3O. The summed E-state index contributed by atoms with van der Waals surface area (Å²) in [5, 5.41) is 10.4. The molecule has 0 aliphatic heterocycles. The number of pyridine rings is 1. The quantitative estimate of drug-likeness (QED) is 0.454. The monoisotopic (exact) mass is 363 g/mol. The number of fused-ring (bicyclic) bond motifs is 1. The molecule has 0 unspecified atom stereocenters. The van der Waals surface area contributed by atoms with Crippen molar-refractivity contribution in [3.8, 4) is 11.3 Å². The number of halogens is 1. The number of nitrogens with one attached hydrogen (secondary N) is 1. The Morgan fingerprint density at radius 3 is 2.73 bits per heavy atom. The molecule has 0 aliphatic rings. The molecule has 2 heterocycles. The van der Waals surface area contributed by atoms with Gasteiger partial charge in [-0.2, -0.15) is 0 Å². The summed E-state index contributed by atoms with van der Waals surface area (Å²) in [6, 6.07) is 18.0. The first-order valence-corrected chi connectivity index (χ1v) is 8.95. The minimum absolute atomic E-state index is 0.754. The summed E-state index contributed by atoms with van der Waals surface area (Å²) in [5.74, 6) is 1.51. The van der Waals surface area contributed by atoms with E-state index in [2.05, 4.69) is 33.7 Å². The van der Waals surface area contributed by atoms with E-state index in [0.29, 0.717) is 0 Å². The topological polar surface area (TPSA) is 51.0 Å². The van der Waals surface area contributed by atoms with Crippen LogP contribution < -0.4 is 5.32 Å². The predicted octanol–water partition coefficient (Wildman–Crippen LogP) is 5.59. The molecule has 0 bridgehead atoms. The fourth-order valence-corrected chi connectivity index (χ4v) is 3.02. The van der Waals surface area contributed by atoms with Gasteiger partial charge in [0.2, 0.25) is 0 Å². The normalized spacial score (nSPS) is 11.0. The maximum absolute atomic E-state index is 5.90. The highest BCUT2D eigenvalue weighted by Gasteiger charge is 2.07. The van der Waals surface area contributed by atoms with Gasteiger partial charge < -0.3 is 9.84 Å². The molecule has 4 aromatic rings. The number of nitrogens with zero attached hydrogens (tertiary/aromatic N) is 2. The Labute approximate surface area is 156 Å². The number of rotatable bonds is 6.